The summed E-state index contributed by atoms with van der Waals surface area (Å²) in [6.45, 7) is 2.85. The maximum atomic E-state index is 12.3. The molecule has 0 N–H and O–H groups in total. The van der Waals surface area contributed by atoms with E-state index in [1.807, 2.05) is 24.3 Å². The van der Waals surface area contributed by atoms with Crippen LogP contribution in [0.15, 0.2) is 36.5 Å². The molecule has 0 radical (unpaired) electrons. The monoisotopic (exact) mass is 340 g/mol. The lowest BCUT2D eigenvalue weighted by Gasteiger charge is -2.05. The number of nitrogens with zero attached hydrogens (tertiary/aromatic N) is 2. The molecule has 0 fully saturated rings. The van der Waals surface area contributed by atoms with Gasteiger partial charge in [0.15, 0.2) is 0 Å². The minimum Gasteiger partial charge on any atom is -0.287 e. The molecule has 0 spiro atoms. The van der Waals surface area contributed by atoms with Crippen LogP contribution in [0.5, 0.6) is 0 Å². The van der Waals surface area contributed by atoms with Crippen molar-refractivity contribution in [2.75, 3.05) is 0 Å². The Labute approximate surface area is 114 Å². The first-order valence-electron chi connectivity index (χ1n) is 5.54. The lowest BCUT2D eigenvalue weighted by atomic mass is 10.1. The SMILES string of the molecule is CCCn1nccc1C(=O)c1cccc(I)c1. The van der Waals surface area contributed by atoms with Gasteiger partial charge in [-0.2, -0.15) is 5.10 Å². The number of ketones is 1. The van der Waals surface area contributed by atoms with Crippen molar-refractivity contribution in [1.82, 2.24) is 9.78 Å². The molecule has 1 heterocycles. The second kappa shape index (κ2) is 5.44. The molecule has 0 saturated heterocycles. The van der Waals surface area contributed by atoms with Crippen molar-refractivity contribution in [1.29, 1.82) is 0 Å². The summed E-state index contributed by atoms with van der Waals surface area (Å²) in [6, 6.07) is 9.38. The van der Waals surface area contributed by atoms with Crippen molar-refractivity contribution in [3.8, 4) is 0 Å². The molecule has 2 aromatic rings. The maximum Gasteiger partial charge on any atom is 0.211 e. The molecule has 0 bridgehead atoms. The number of carbonyl (C=O) groups is 1. The van der Waals surface area contributed by atoms with E-state index in [2.05, 4.69) is 34.6 Å². The van der Waals surface area contributed by atoms with E-state index in [4.69, 9.17) is 0 Å². The van der Waals surface area contributed by atoms with Crippen LogP contribution in [0.25, 0.3) is 0 Å². The Morgan fingerprint density at radius 1 is 1.41 bits per heavy atom. The third-order valence-corrected chi connectivity index (χ3v) is 3.14. The first-order valence-corrected chi connectivity index (χ1v) is 6.62. The van der Waals surface area contributed by atoms with Crippen molar-refractivity contribution < 1.29 is 4.79 Å². The number of aryl methyl sites for hydroxylation is 1. The molecule has 1 aromatic carbocycles. The van der Waals surface area contributed by atoms with E-state index in [1.165, 1.54) is 0 Å². The zero-order chi connectivity index (χ0) is 12.3. The third kappa shape index (κ3) is 2.74. The Morgan fingerprint density at radius 2 is 2.24 bits per heavy atom. The lowest BCUT2D eigenvalue weighted by molar-refractivity contribution is 0.102. The van der Waals surface area contributed by atoms with Crippen LogP contribution in [0.4, 0.5) is 0 Å². The molecular weight excluding hydrogens is 327 g/mol. The molecule has 0 saturated carbocycles. The summed E-state index contributed by atoms with van der Waals surface area (Å²) in [5.41, 5.74) is 1.38. The minimum absolute atomic E-state index is 0.0365. The summed E-state index contributed by atoms with van der Waals surface area (Å²) < 4.78 is 2.83. The Kier molecular flexibility index (Phi) is 3.93. The molecule has 3 nitrogen and oxygen atoms in total. The van der Waals surface area contributed by atoms with Gasteiger partial charge >= 0.3 is 0 Å². The van der Waals surface area contributed by atoms with Gasteiger partial charge in [-0.15, -0.1) is 0 Å². The molecule has 0 aliphatic carbocycles. The number of carbonyl (C=O) groups excluding carboxylic acids is 1. The molecule has 88 valence electrons. The van der Waals surface area contributed by atoms with E-state index in [0.717, 1.165) is 22.1 Å². The van der Waals surface area contributed by atoms with Gasteiger partial charge in [0.2, 0.25) is 5.78 Å². The number of halogens is 1. The van der Waals surface area contributed by atoms with Crippen LogP contribution in [0, 0.1) is 3.57 Å². The number of hydrogen-bond acceptors (Lipinski definition) is 2. The van der Waals surface area contributed by atoms with E-state index in [-0.39, 0.29) is 5.78 Å². The fourth-order valence-electron chi connectivity index (χ4n) is 1.69. The van der Waals surface area contributed by atoms with Gasteiger partial charge in [0.1, 0.15) is 5.69 Å². The normalized spacial score (nSPS) is 10.5. The van der Waals surface area contributed by atoms with Gasteiger partial charge in [-0.3, -0.25) is 9.48 Å². The second-order valence-electron chi connectivity index (χ2n) is 3.78. The molecule has 2 rings (SSSR count). The molecule has 0 amide bonds. The first kappa shape index (κ1) is 12.3. The van der Waals surface area contributed by atoms with E-state index in [9.17, 15) is 4.79 Å². The minimum atomic E-state index is 0.0365. The van der Waals surface area contributed by atoms with Gasteiger partial charge in [0.05, 0.1) is 0 Å². The van der Waals surface area contributed by atoms with E-state index in [1.54, 1.807) is 16.9 Å². The average molecular weight is 340 g/mol. The van der Waals surface area contributed by atoms with E-state index in [0.29, 0.717) is 5.69 Å². The van der Waals surface area contributed by atoms with Gasteiger partial charge in [0, 0.05) is 21.9 Å². The molecular formula is C13H13IN2O. The molecule has 0 atom stereocenters. The predicted molar refractivity (Wildman–Crippen MR) is 75.1 cm³/mol. The summed E-state index contributed by atoms with van der Waals surface area (Å²) in [6.07, 6.45) is 2.64. The highest BCUT2D eigenvalue weighted by atomic mass is 127. The zero-order valence-corrected chi connectivity index (χ0v) is 11.7. The fourth-order valence-corrected chi connectivity index (χ4v) is 2.24. The third-order valence-electron chi connectivity index (χ3n) is 2.47. The van der Waals surface area contributed by atoms with Gasteiger partial charge in [0.25, 0.3) is 0 Å². The number of rotatable bonds is 4. The zero-order valence-electron chi connectivity index (χ0n) is 9.56. The molecule has 17 heavy (non-hydrogen) atoms. The van der Waals surface area contributed by atoms with Crippen LogP contribution >= 0.6 is 22.6 Å². The smallest absolute Gasteiger partial charge is 0.211 e. The first-order chi connectivity index (χ1) is 8.22. The van der Waals surface area contributed by atoms with Gasteiger partial charge < -0.3 is 0 Å². The molecule has 0 aliphatic rings. The van der Waals surface area contributed by atoms with Crippen LogP contribution in [0.2, 0.25) is 0 Å². The highest BCUT2D eigenvalue weighted by Crippen LogP contribution is 2.13. The van der Waals surface area contributed by atoms with Gasteiger partial charge in [-0.25, -0.2) is 0 Å². The Bertz CT molecular complexity index is 534. The Morgan fingerprint density at radius 3 is 2.94 bits per heavy atom. The topological polar surface area (TPSA) is 34.9 Å². The van der Waals surface area contributed by atoms with Crippen LogP contribution < -0.4 is 0 Å². The fraction of sp³-hybridized carbons (Fsp3) is 0.231. The molecule has 0 unspecified atom stereocenters. The van der Waals surface area contributed by atoms with Gasteiger partial charge in [-0.05, 0) is 47.2 Å². The Balaban J connectivity index is 2.33. The maximum absolute atomic E-state index is 12.3. The summed E-state index contributed by atoms with van der Waals surface area (Å²) >= 11 is 2.21. The highest BCUT2D eigenvalue weighted by molar-refractivity contribution is 14.1. The van der Waals surface area contributed by atoms with Crippen LogP contribution in [-0.4, -0.2) is 15.6 Å². The number of aromatic nitrogens is 2. The molecule has 4 heteroatoms. The van der Waals surface area contributed by atoms with Crippen molar-refractivity contribution in [2.24, 2.45) is 0 Å². The average Bonchev–Trinajstić information content (AvgIpc) is 2.77. The summed E-state index contributed by atoms with van der Waals surface area (Å²) in [5, 5.41) is 4.17. The quantitative estimate of drug-likeness (QED) is 0.633. The van der Waals surface area contributed by atoms with Crippen molar-refractivity contribution in [3.63, 3.8) is 0 Å². The lowest BCUT2D eigenvalue weighted by Crippen LogP contribution is -2.11. The Hall–Kier alpha value is -1.17. The number of benzene rings is 1. The van der Waals surface area contributed by atoms with Crippen molar-refractivity contribution >= 4 is 28.4 Å². The summed E-state index contributed by atoms with van der Waals surface area (Å²) in [5.74, 6) is 0.0365. The largest absolute Gasteiger partial charge is 0.287 e. The molecule has 0 aliphatic heterocycles. The van der Waals surface area contributed by atoms with E-state index >= 15 is 0 Å². The summed E-state index contributed by atoms with van der Waals surface area (Å²) in [4.78, 5) is 12.3. The summed E-state index contributed by atoms with van der Waals surface area (Å²) in [7, 11) is 0. The van der Waals surface area contributed by atoms with Crippen LogP contribution in [0.3, 0.4) is 0 Å². The second-order valence-corrected chi connectivity index (χ2v) is 5.02. The van der Waals surface area contributed by atoms with Gasteiger partial charge in [-0.1, -0.05) is 19.1 Å². The van der Waals surface area contributed by atoms with Crippen LogP contribution in [-0.2, 0) is 6.54 Å². The standard InChI is InChI=1S/C13H13IN2O/c1-2-8-16-12(6-7-15-16)13(17)10-4-3-5-11(14)9-10/h3-7,9H,2,8H2,1H3. The number of hydrogen-bond donors (Lipinski definition) is 0. The molecule has 1 aromatic heterocycles. The highest BCUT2D eigenvalue weighted by Gasteiger charge is 2.13. The predicted octanol–water partition coefficient (Wildman–Crippen LogP) is 3.13. The van der Waals surface area contributed by atoms with Crippen LogP contribution in [0.1, 0.15) is 29.4 Å². The van der Waals surface area contributed by atoms with Crippen molar-refractivity contribution in [3.05, 3.63) is 51.4 Å². The van der Waals surface area contributed by atoms with Crippen molar-refractivity contribution in [2.45, 2.75) is 19.9 Å². The van der Waals surface area contributed by atoms with E-state index < -0.39 is 0 Å².